The number of benzene rings is 1. The molecule has 0 heterocycles. The van der Waals surface area contributed by atoms with Gasteiger partial charge in [0.1, 0.15) is 18.0 Å². The third-order valence-corrected chi connectivity index (χ3v) is 3.90. The van der Waals surface area contributed by atoms with Gasteiger partial charge in [-0.3, -0.25) is 0 Å². The van der Waals surface area contributed by atoms with Gasteiger partial charge in [0.25, 0.3) is 0 Å². The molecule has 3 atom stereocenters. The Labute approximate surface area is 118 Å². The van der Waals surface area contributed by atoms with Gasteiger partial charge < -0.3 is 9.47 Å². The fourth-order valence-electron chi connectivity index (χ4n) is 1.94. The van der Waals surface area contributed by atoms with Crippen LogP contribution in [0.3, 0.4) is 0 Å². The topological polar surface area (TPSA) is 18.5 Å². The fourth-order valence-corrected chi connectivity index (χ4v) is 2.81. The van der Waals surface area contributed by atoms with Gasteiger partial charge in [-0.1, -0.05) is 15.9 Å². The van der Waals surface area contributed by atoms with Crippen molar-refractivity contribution in [3.63, 3.8) is 0 Å². The molecule has 0 N–H and O–H groups in total. The van der Waals surface area contributed by atoms with Crippen LogP contribution in [0.25, 0.3) is 0 Å². The highest BCUT2D eigenvalue weighted by Gasteiger charge is 2.42. The summed E-state index contributed by atoms with van der Waals surface area (Å²) in [6, 6.07) is 4.73. The second-order valence-corrected chi connectivity index (χ2v) is 5.53. The molecule has 1 fully saturated rings. The number of ether oxygens (including phenoxy) is 2. The normalized spacial score (nSPS) is 26.9. The van der Waals surface area contributed by atoms with E-state index in [0.717, 1.165) is 18.6 Å². The summed E-state index contributed by atoms with van der Waals surface area (Å²) in [7, 11) is 0. The molecule has 0 amide bonds. The lowest BCUT2D eigenvalue weighted by atomic mass is 9.91. The quantitative estimate of drug-likeness (QED) is 0.772. The molecule has 0 bridgehead atoms. The average Bonchev–Trinajstić information content (AvgIpc) is 2.35. The second kappa shape index (κ2) is 5.71. The molecule has 0 aromatic heterocycles. The predicted octanol–water partition coefficient (Wildman–Crippen LogP) is 4.03. The van der Waals surface area contributed by atoms with E-state index in [0.29, 0.717) is 12.4 Å². The number of hydrogen-bond acceptors (Lipinski definition) is 2. The summed E-state index contributed by atoms with van der Waals surface area (Å²) in [6.45, 7) is 2.48. The van der Waals surface area contributed by atoms with Crippen molar-refractivity contribution in [1.29, 1.82) is 0 Å². The molecule has 1 aliphatic rings. The standard InChI is InChI=1S/C13H14BrF3O2/c1-2-18-12-10(14)7-11(12)19-9-5-3-8(4-6-9)13(15,16)17/h3-6,10-12H,2,7H2,1H3. The molecule has 2 nitrogen and oxygen atoms in total. The van der Waals surface area contributed by atoms with Gasteiger partial charge in [-0.2, -0.15) is 13.2 Å². The van der Waals surface area contributed by atoms with E-state index >= 15 is 0 Å². The van der Waals surface area contributed by atoms with Crippen molar-refractivity contribution in [2.45, 2.75) is 36.6 Å². The summed E-state index contributed by atoms with van der Waals surface area (Å²) < 4.78 is 48.4. The minimum atomic E-state index is -4.32. The lowest BCUT2D eigenvalue weighted by Gasteiger charge is -2.40. The minimum absolute atomic E-state index is 0.0488. The summed E-state index contributed by atoms with van der Waals surface area (Å²) in [4.78, 5) is 0.242. The summed E-state index contributed by atoms with van der Waals surface area (Å²) in [5.74, 6) is 0.433. The summed E-state index contributed by atoms with van der Waals surface area (Å²) in [5, 5.41) is 0. The van der Waals surface area contributed by atoms with Crippen molar-refractivity contribution in [1.82, 2.24) is 0 Å². The Balaban J connectivity index is 1.97. The van der Waals surface area contributed by atoms with E-state index in [2.05, 4.69) is 15.9 Å². The SMILES string of the molecule is CCOC1C(Br)CC1Oc1ccc(C(F)(F)F)cc1. The lowest BCUT2D eigenvalue weighted by Crippen LogP contribution is -2.52. The lowest BCUT2D eigenvalue weighted by molar-refractivity contribution is -0.137. The average molecular weight is 339 g/mol. The Hall–Kier alpha value is -0.750. The van der Waals surface area contributed by atoms with Crippen molar-refractivity contribution in [2.75, 3.05) is 6.61 Å². The molecular formula is C13H14BrF3O2. The molecular weight excluding hydrogens is 325 g/mol. The highest BCUT2D eigenvalue weighted by molar-refractivity contribution is 9.09. The van der Waals surface area contributed by atoms with Gasteiger partial charge in [0, 0.05) is 17.9 Å². The van der Waals surface area contributed by atoms with E-state index in [1.54, 1.807) is 0 Å². The summed E-state index contributed by atoms with van der Waals surface area (Å²) in [6.07, 6.45) is -3.69. The fraction of sp³-hybridized carbons (Fsp3) is 0.538. The number of halogens is 4. The van der Waals surface area contributed by atoms with Crippen molar-refractivity contribution in [3.05, 3.63) is 29.8 Å². The van der Waals surface area contributed by atoms with E-state index in [9.17, 15) is 13.2 Å². The highest BCUT2D eigenvalue weighted by Crippen LogP contribution is 2.35. The molecule has 0 aliphatic heterocycles. The highest BCUT2D eigenvalue weighted by atomic mass is 79.9. The summed E-state index contributed by atoms with van der Waals surface area (Å²) >= 11 is 3.47. The molecule has 1 aromatic carbocycles. The number of rotatable bonds is 4. The molecule has 1 saturated carbocycles. The first-order chi connectivity index (χ1) is 8.91. The Morgan fingerprint density at radius 1 is 1.26 bits per heavy atom. The van der Waals surface area contributed by atoms with E-state index in [1.165, 1.54) is 12.1 Å². The number of hydrogen-bond donors (Lipinski definition) is 0. The Morgan fingerprint density at radius 3 is 2.37 bits per heavy atom. The number of alkyl halides is 4. The van der Waals surface area contributed by atoms with E-state index in [1.807, 2.05) is 6.92 Å². The van der Waals surface area contributed by atoms with Crippen molar-refractivity contribution < 1.29 is 22.6 Å². The van der Waals surface area contributed by atoms with Gasteiger partial charge in [-0.15, -0.1) is 0 Å². The van der Waals surface area contributed by atoms with Crippen LogP contribution in [0, 0.1) is 0 Å². The molecule has 0 saturated heterocycles. The van der Waals surface area contributed by atoms with Gasteiger partial charge in [0.2, 0.25) is 0 Å². The maximum absolute atomic E-state index is 12.4. The Kier molecular flexibility index (Phi) is 4.40. The van der Waals surface area contributed by atoms with E-state index < -0.39 is 11.7 Å². The molecule has 0 spiro atoms. The molecule has 2 rings (SSSR count). The predicted molar refractivity (Wildman–Crippen MR) is 68.6 cm³/mol. The third kappa shape index (κ3) is 3.42. The molecule has 6 heteroatoms. The zero-order valence-electron chi connectivity index (χ0n) is 10.3. The van der Waals surface area contributed by atoms with Crippen LogP contribution in [-0.2, 0) is 10.9 Å². The molecule has 1 aliphatic carbocycles. The van der Waals surface area contributed by atoms with Crippen LogP contribution >= 0.6 is 15.9 Å². The largest absolute Gasteiger partial charge is 0.488 e. The van der Waals surface area contributed by atoms with Crippen LogP contribution in [0.5, 0.6) is 5.75 Å². The monoisotopic (exact) mass is 338 g/mol. The van der Waals surface area contributed by atoms with Gasteiger partial charge in [-0.25, -0.2) is 0 Å². The Morgan fingerprint density at radius 2 is 1.89 bits per heavy atom. The molecule has 19 heavy (non-hydrogen) atoms. The molecule has 1 aromatic rings. The zero-order valence-corrected chi connectivity index (χ0v) is 11.9. The third-order valence-electron chi connectivity index (χ3n) is 3.01. The van der Waals surface area contributed by atoms with Crippen LogP contribution in [0.4, 0.5) is 13.2 Å². The van der Waals surface area contributed by atoms with Crippen LogP contribution in [0.15, 0.2) is 24.3 Å². The zero-order chi connectivity index (χ0) is 14.0. The van der Waals surface area contributed by atoms with Crippen molar-refractivity contribution in [2.24, 2.45) is 0 Å². The van der Waals surface area contributed by atoms with Gasteiger partial charge in [0.15, 0.2) is 0 Å². The molecule has 106 valence electrons. The Bertz CT molecular complexity index is 419. The van der Waals surface area contributed by atoms with Gasteiger partial charge >= 0.3 is 6.18 Å². The second-order valence-electron chi connectivity index (χ2n) is 4.35. The van der Waals surface area contributed by atoms with Gasteiger partial charge in [-0.05, 0) is 31.2 Å². The van der Waals surface area contributed by atoms with Crippen LogP contribution in [-0.4, -0.2) is 23.6 Å². The molecule has 3 unspecified atom stereocenters. The van der Waals surface area contributed by atoms with Crippen LogP contribution in [0.1, 0.15) is 18.9 Å². The van der Waals surface area contributed by atoms with E-state index in [-0.39, 0.29) is 17.0 Å². The smallest absolute Gasteiger partial charge is 0.416 e. The first-order valence-corrected chi connectivity index (χ1v) is 6.93. The first-order valence-electron chi connectivity index (χ1n) is 6.01. The maximum atomic E-state index is 12.4. The van der Waals surface area contributed by atoms with Gasteiger partial charge in [0.05, 0.1) is 5.56 Å². The maximum Gasteiger partial charge on any atom is 0.416 e. The summed E-state index contributed by atoms with van der Waals surface area (Å²) in [5.41, 5.74) is -0.673. The van der Waals surface area contributed by atoms with Crippen LogP contribution < -0.4 is 4.74 Å². The molecule has 0 radical (unpaired) electrons. The van der Waals surface area contributed by atoms with Crippen molar-refractivity contribution in [3.8, 4) is 5.75 Å². The first kappa shape index (κ1) is 14.7. The van der Waals surface area contributed by atoms with E-state index in [4.69, 9.17) is 9.47 Å². The van der Waals surface area contributed by atoms with Crippen molar-refractivity contribution >= 4 is 15.9 Å². The van der Waals surface area contributed by atoms with Crippen LogP contribution in [0.2, 0.25) is 0 Å². The minimum Gasteiger partial charge on any atom is -0.488 e.